The second-order valence-electron chi connectivity index (χ2n) is 4.33. The van der Waals surface area contributed by atoms with Crippen LogP contribution in [0.3, 0.4) is 0 Å². The van der Waals surface area contributed by atoms with E-state index in [0.717, 1.165) is 16.4 Å². The molecule has 1 fully saturated rings. The van der Waals surface area contributed by atoms with Gasteiger partial charge in [-0.2, -0.15) is 9.30 Å². The number of hydrogen-bond donors (Lipinski definition) is 0. The Morgan fingerprint density at radius 3 is 2.76 bits per heavy atom. The van der Waals surface area contributed by atoms with Crippen molar-refractivity contribution in [2.75, 3.05) is 6.54 Å². The van der Waals surface area contributed by atoms with E-state index in [1.54, 1.807) is 0 Å². The molecule has 1 aromatic carbocycles. The number of hydrogen-bond acceptors (Lipinski definition) is 6. The Hall–Kier alpha value is -2.16. The second-order valence-corrected chi connectivity index (χ2v) is 6.19. The first-order valence-corrected chi connectivity index (χ1v) is 7.34. The highest BCUT2D eigenvalue weighted by molar-refractivity contribution is 7.89. The van der Waals surface area contributed by atoms with E-state index in [2.05, 4.69) is 4.99 Å². The van der Waals surface area contributed by atoms with Crippen molar-refractivity contribution in [1.29, 1.82) is 0 Å². The summed E-state index contributed by atoms with van der Waals surface area (Å²) in [6, 6.07) is 2.29. The number of nitro benzene ring substituents is 1. The summed E-state index contributed by atoms with van der Waals surface area (Å²) in [7, 11) is -4.22. The molecule has 2 rings (SSSR count). The Morgan fingerprint density at radius 1 is 1.48 bits per heavy atom. The number of halogens is 1. The molecule has 1 saturated heterocycles. The van der Waals surface area contributed by atoms with E-state index in [-0.39, 0.29) is 6.54 Å². The van der Waals surface area contributed by atoms with Crippen molar-refractivity contribution in [1.82, 2.24) is 4.31 Å². The topological polar surface area (TPSA) is 110 Å². The summed E-state index contributed by atoms with van der Waals surface area (Å²) in [6.07, 6.45) is 1.19. The number of nitrogens with zero attached hydrogens (tertiary/aromatic N) is 3. The summed E-state index contributed by atoms with van der Waals surface area (Å²) < 4.78 is 39.4. The van der Waals surface area contributed by atoms with Gasteiger partial charge in [0, 0.05) is 12.6 Å². The lowest BCUT2D eigenvalue weighted by Crippen LogP contribution is -2.34. The molecule has 0 aromatic heterocycles. The Bertz CT molecular complexity index is 729. The average Bonchev–Trinajstić information content (AvgIpc) is 2.87. The Kier molecular flexibility index (Phi) is 4.12. The largest absolute Gasteiger partial charge is 0.272 e. The van der Waals surface area contributed by atoms with E-state index in [0.29, 0.717) is 18.9 Å². The zero-order valence-corrected chi connectivity index (χ0v) is 11.4. The summed E-state index contributed by atoms with van der Waals surface area (Å²) in [5, 5.41) is 10.5. The number of benzene rings is 1. The van der Waals surface area contributed by atoms with Crippen LogP contribution in [0.1, 0.15) is 12.8 Å². The van der Waals surface area contributed by atoms with Crippen LogP contribution in [0.15, 0.2) is 28.1 Å². The normalized spacial score (nSPS) is 19.2. The summed E-state index contributed by atoms with van der Waals surface area (Å²) >= 11 is 0. The van der Waals surface area contributed by atoms with Gasteiger partial charge in [-0.25, -0.2) is 17.6 Å². The minimum atomic E-state index is -4.22. The van der Waals surface area contributed by atoms with Gasteiger partial charge in [0.15, 0.2) is 0 Å². The third kappa shape index (κ3) is 2.82. The smallest absolute Gasteiger partial charge is 0.258 e. The van der Waals surface area contributed by atoms with Gasteiger partial charge in [-0.3, -0.25) is 10.1 Å². The monoisotopic (exact) mass is 315 g/mol. The molecule has 1 aromatic rings. The predicted octanol–water partition coefficient (Wildman–Crippen LogP) is 1.18. The lowest BCUT2D eigenvalue weighted by Gasteiger charge is -2.20. The molecule has 0 aliphatic carbocycles. The minimum Gasteiger partial charge on any atom is -0.258 e. The molecule has 0 bridgehead atoms. The number of non-ortho nitro benzene ring substituents is 1. The standard InChI is InChI=1S/C11H10FN3O5S/c12-9-6-8(15(17)18)3-4-10(9)21(19,20)14-5-1-2-11(14)13-7-16/h3-4,6,11H,1-2,5H2. The van der Waals surface area contributed by atoms with E-state index in [1.807, 2.05) is 0 Å². The van der Waals surface area contributed by atoms with Crippen LogP contribution in [0.4, 0.5) is 10.1 Å². The molecule has 112 valence electrons. The van der Waals surface area contributed by atoms with Crippen molar-refractivity contribution in [3.05, 3.63) is 34.1 Å². The molecule has 0 amide bonds. The molecule has 0 spiro atoms. The molecule has 1 aliphatic heterocycles. The van der Waals surface area contributed by atoms with Crippen molar-refractivity contribution in [2.45, 2.75) is 23.9 Å². The number of sulfonamides is 1. The summed E-state index contributed by atoms with van der Waals surface area (Å²) in [5.41, 5.74) is -0.546. The van der Waals surface area contributed by atoms with E-state index in [4.69, 9.17) is 0 Å². The fraction of sp³-hybridized carbons (Fsp3) is 0.364. The van der Waals surface area contributed by atoms with Gasteiger partial charge in [0.1, 0.15) is 16.9 Å². The van der Waals surface area contributed by atoms with Gasteiger partial charge in [0.05, 0.1) is 11.0 Å². The van der Waals surface area contributed by atoms with Gasteiger partial charge in [-0.05, 0) is 18.9 Å². The highest BCUT2D eigenvalue weighted by Gasteiger charge is 2.37. The molecule has 1 atom stereocenters. The SMILES string of the molecule is O=C=NC1CCCN1S(=O)(=O)c1ccc([N+](=O)[O-])cc1F. The molecule has 0 N–H and O–H groups in total. The summed E-state index contributed by atoms with van der Waals surface area (Å²) in [6.45, 7) is 0.0919. The number of rotatable bonds is 4. The molecule has 21 heavy (non-hydrogen) atoms. The van der Waals surface area contributed by atoms with Gasteiger partial charge >= 0.3 is 0 Å². The van der Waals surface area contributed by atoms with Crippen LogP contribution in [0.2, 0.25) is 0 Å². The fourth-order valence-corrected chi connectivity index (χ4v) is 3.77. The number of carbonyl (C=O) groups excluding carboxylic acids is 1. The van der Waals surface area contributed by atoms with Crippen LogP contribution in [-0.4, -0.2) is 36.4 Å². The van der Waals surface area contributed by atoms with Crippen molar-refractivity contribution >= 4 is 21.8 Å². The van der Waals surface area contributed by atoms with Crippen molar-refractivity contribution in [3.63, 3.8) is 0 Å². The van der Waals surface area contributed by atoms with Gasteiger partial charge in [0.25, 0.3) is 5.69 Å². The number of isocyanates is 1. The van der Waals surface area contributed by atoms with Crippen molar-refractivity contribution in [2.24, 2.45) is 4.99 Å². The maximum Gasteiger partial charge on any atom is 0.272 e. The number of aliphatic imine (C=N–C) groups is 1. The van der Waals surface area contributed by atoms with E-state index in [1.165, 1.54) is 6.08 Å². The van der Waals surface area contributed by atoms with Crippen LogP contribution in [0.25, 0.3) is 0 Å². The molecule has 0 radical (unpaired) electrons. The third-order valence-corrected chi connectivity index (χ3v) is 5.02. The minimum absolute atomic E-state index is 0.0919. The maximum atomic E-state index is 13.9. The molecule has 0 saturated carbocycles. The van der Waals surface area contributed by atoms with E-state index >= 15 is 0 Å². The lowest BCUT2D eigenvalue weighted by molar-refractivity contribution is -0.385. The van der Waals surface area contributed by atoms with Crippen LogP contribution >= 0.6 is 0 Å². The lowest BCUT2D eigenvalue weighted by atomic mass is 10.3. The quantitative estimate of drug-likeness (QED) is 0.358. The van der Waals surface area contributed by atoms with Gasteiger partial charge in [-0.15, -0.1) is 0 Å². The predicted molar refractivity (Wildman–Crippen MR) is 68.1 cm³/mol. The van der Waals surface area contributed by atoms with Crippen molar-refractivity contribution in [3.8, 4) is 0 Å². The molecule has 10 heteroatoms. The van der Waals surface area contributed by atoms with Crippen LogP contribution in [-0.2, 0) is 14.8 Å². The molecule has 1 heterocycles. The third-order valence-electron chi connectivity index (χ3n) is 3.09. The van der Waals surface area contributed by atoms with Crippen molar-refractivity contribution < 1.29 is 22.5 Å². The van der Waals surface area contributed by atoms with Gasteiger partial charge in [0.2, 0.25) is 16.1 Å². The Morgan fingerprint density at radius 2 is 2.19 bits per heavy atom. The average molecular weight is 315 g/mol. The van der Waals surface area contributed by atoms with Crippen LogP contribution < -0.4 is 0 Å². The first kappa shape index (κ1) is 15.2. The molecular formula is C11H10FN3O5S. The first-order chi connectivity index (χ1) is 9.87. The highest BCUT2D eigenvalue weighted by Crippen LogP contribution is 2.29. The first-order valence-electron chi connectivity index (χ1n) is 5.90. The second kappa shape index (κ2) is 5.68. The Balaban J connectivity index is 2.44. The zero-order chi connectivity index (χ0) is 15.6. The van der Waals surface area contributed by atoms with Gasteiger partial charge < -0.3 is 0 Å². The van der Waals surface area contributed by atoms with Crippen LogP contribution in [0.5, 0.6) is 0 Å². The highest BCUT2D eigenvalue weighted by atomic mass is 32.2. The van der Waals surface area contributed by atoms with E-state index in [9.17, 15) is 27.7 Å². The molecule has 1 unspecified atom stereocenters. The Labute approximate surface area is 119 Å². The maximum absolute atomic E-state index is 13.9. The zero-order valence-electron chi connectivity index (χ0n) is 10.6. The molecule has 1 aliphatic rings. The van der Waals surface area contributed by atoms with E-state index < -0.39 is 37.5 Å². The summed E-state index contributed by atoms with van der Waals surface area (Å²) in [4.78, 5) is 22.7. The fourth-order valence-electron chi connectivity index (χ4n) is 2.13. The van der Waals surface area contributed by atoms with Gasteiger partial charge in [-0.1, -0.05) is 0 Å². The number of nitro groups is 1. The summed E-state index contributed by atoms with van der Waals surface area (Å²) in [5.74, 6) is -1.22. The van der Waals surface area contributed by atoms with Crippen LogP contribution in [0, 0.1) is 15.9 Å². The molecule has 8 nitrogen and oxygen atoms in total. The molecular weight excluding hydrogens is 305 g/mol.